The minimum Gasteiger partial charge on any atom is -0.496 e. The molecule has 8 nitrogen and oxygen atoms in total. The highest BCUT2D eigenvalue weighted by Gasteiger charge is 2.34. The molecule has 1 atom stereocenters. The van der Waals surface area contributed by atoms with Crippen LogP contribution in [0.3, 0.4) is 0 Å². The standard InChI is InChI=1S/C29H27FN6O2/c1-17-6-7-18(14-33-17)20-8-9-25(34-28(20)35-13-11-19(31)15-35)36-16-22-21(29(36)37)10-12-32-27(22)26-23(30)4-3-5-24(26)38-2/h3-10,12,14,19H,11,13,15-16,31H2,1-2H3/t19-/m1/s1. The molecule has 1 amide bonds. The Labute approximate surface area is 219 Å². The number of anilines is 2. The first-order valence-corrected chi connectivity index (χ1v) is 12.5. The zero-order chi connectivity index (χ0) is 26.4. The van der Waals surface area contributed by atoms with Crippen molar-refractivity contribution in [2.75, 3.05) is 30.0 Å². The molecule has 0 spiro atoms. The summed E-state index contributed by atoms with van der Waals surface area (Å²) in [5.41, 5.74) is 10.8. The van der Waals surface area contributed by atoms with Gasteiger partial charge in [0.05, 0.1) is 24.9 Å². The van der Waals surface area contributed by atoms with E-state index in [1.54, 1.807) is 23.1 Å². The lowest BCUT2D eigenvalue weighted by molar-refractivity contribution is 0.0996. The first-order chi connectivity index (χ1) is 18.4. The SMILES string of the molecule is COc1cccc(F)c1-c1nccc2c1CN(c1ccc(-c3ccc(C)nc3)c(N3CC[C@@H](N)C3)n1)C2=O. The van der Waals surface area contributed by atoms with Gasteiger partial charge < -0.3 is 15.4 Å². The van der Waals surface area contributed by atoms with Crippen LogP contribution in [0.5, 0.6) is 5.75 Å². The van der Waals surface area contributed by atoms with Crippen molar-refractivity contribution < 1.29 is 13.9 Å². The Kier molecular flexibility index (Phi) is 6.00. The monoisotopic (exact) mass is 510 g/mol. The normalized spacial score (nSPS) is 16.7. The molecule has 0 aliphatic carbocycles. The summed E-state index contributed by atoms with van der Waals surface area (Å²) in [6.45, 7) is 3.62. The van der Waals surface area contributed by atoms with Crippen LogP contribution in [0, 0.1) is 12.7 Å². The topological polar surface area (TPSA) is 97.5 Å². The first-order valence-electron chi connectivity index (χ1n) is 12.5. The van der Waals surface area contributed by atoms with E-state index in [-0.39, 0.29) is 24.1 Å². The van der Waals surface area contributed by atoms with E-state index in [0.717, 1.165) is 35.6 Å². The lowest BCUT2D eigenvalue weighted by atomic mass is 10.0. The molecule has 3 aromatic heterocycles. The van der Waals surface area contributed by atoms with Crippen LogP contribution in [0.1, 0.15) is 28.0 Å². The molecule has 0 radical (unpaired) electrons. The molecule has 1 aromatic carbocycles. The van der Waals surface area contributed by atoms with Crippen molar-refractivity contribution in [3.05, 3.63) is 83.6 Å². The minimum absolute atomic E-state index is 0.0616. The molecule has 2 aliphatic heterocycles. The zero-order valence-electron chi connectivity index (χ0n) is 21.2. The van der Waals surface area contributed by atoms with E-state index in [9.17, 15) is 9.18 Å². The van der Waals surface area contributed by atoms with Crippen LogP contribution in [-0.2, 0) is 6.54 Å². The van der Waals surface area contributed by atoms with Gasteiger partial charge >= 0.3 is 0 Å². The van der Waals surface area contributed by atoms with Crippen molar-refractivity contribution in [1.82, 2.24) is 15.0 Å². The van der Waals surface area contributed by atoms with Crippen LogP contribution < -0.4 is 20.3 Å². The van der Waals surface area contributed by atoms with Gasteiger partial charge in [0, 0.05) is 59.5 Å². The van der Waals surface area contributed by atoms with Crippen LogP contribution in [0.25, 0.3) is 22.4 Å². The number of halogens is 1. The van der Waals surface area contributed by atoms with Crippen LogP contribution in [-0.4, -0.2) is 47.1 Å². The number of aryl methyl sites for hydroxylation is 1. The number of carbonyl (C=O) groups is 1. The van der Waals surface area contributed by atoms with Gasteiger partial charge in [-0.2, -0.15) is 0 Å². The highest BCUT2D eigenvalue weighted by molar-refractivity contribution is 6.11. The Bertz CT molecular complexity index is 1540. The van der Waals surface area contributed by atoms with Gasteiger partial charge in [0.2, 0.25) is 0 Å². The summed E-state index contributed by atoms with van der Waals surface area (Å²) >= 11 is 0. The largest absolute Gasteiger partial charge is 0.496 e. The third kappa shape index (κ3) is 4.05. The molecule has 0 bridgehead atoms. The molecule has 192 valence electrons. The van der Waals surface area contributed by atoms with E-state index >= 15 is 0 Å². The number of fused-ring (bicyclic) bond motifs is 1. The fourth-order valence-electron chi connectivity index (χ4n) is 5.19. The molecular formula is C29H27FN6O2. The number of hydrogen-bond acceptors (Lipinski definition) is 7. The van der Waals surface area contributed by atoms with Gasteiger partial charge in [-0.15, -0.1) is 0 Å². The predicted octanol–water partition coefficient (Wildman–Crippen LogP) is 4.36. The van der Waals surface area contributed by atoms with E-state index in [2.05, 4.69) is 14.9 Å². The number of ether oxygens (including phenoxy) is 1. The van der Waals surface area contributed by atoms with Crippen LogP contribution >= 0.6 is 0 Å². The summed E-state index contributed by atoms with van der Waals surface area (Å²) in [7, 11) is 1.49. The Morgan fingerprint density at radius 3 is 2.68 bits per heavy atom. The number of carbonyl (C=O) groups excluding carboxylic acids is 1. The molecular weight excluding hydrogens is 483 g/mol. The number of benzene rings is 1. The number of pyridine rings is 3. The molecule has 0 saturated carbocycles. The smallest absolute Gasteiger partial charge is 0.260 e. The van der Waals surface area contributed by atoms with Gasteiger partial charge in [-0.1, -0.05) is 12.1 Å². The molecule has 5 heterocycles. The maximum atomic E-state index is 14.9. The Morgan fingerprint density at radius 2 is 1.95 bits per heavy atom. The minimum atomic E-state index is -0.460. The average Bonchev–Trinajstić information content (AvgIpc) is 3.52. The van der Waals surface area contributed by atoms with Gasteiger partial charge in [-0.05, 0) is 49.7 Å². The van der Waals surface area contributed by atoms with E-state index < -0.39 is 5.82 Å². The number of methoxy groups -OCH3 is 1. The van der Waals surface area contributed by atoms with Crippen molar-refractivity contribution in [3.63, 3.8) is 0 Å². The van der Waals surface area contributed by atoms with E-state index in [4.69, 9.17) is 15.5 Å². The summed E-state index contributed by atoms with van der Waals surface area (Å²) in [4.78, 5) is 31.3. The average molecular weight is 511 g/mol. The van der Waals surface area contributed by atoms with Crippen molar-refractivity contribution in [3.8, 4) is 28.1 Å². The van der Waals surface area contributed by atoms with Gasteiger partial charge in [0.1, 0.15) is 23.2 Å². The van der Waals surface area contributed by atoms with Crippen LogP contribution in [0.4, 0.5) is 16.0 Å². The highest BCUT2D eigenvalue weighted by atomic mass is 19.1. The predicted molar refractivity (Wildman–Crippen MR) is 144 cm³/mol. The van der Waals surface area contributed by atoms with E-state index in [0.29, 0.717) is 34.9 Å². The van der Waals surface area contributed by atoms with Gasteiger partial charge in [0.15, 0.2) is 0 Å². The third-order valence-corrected chi connectivity index (χ3v) is 7.16. The molecule has 4 aromatic rings. The van der Waals surface area contributed by atoms with Crippen LogP contribution in [0.2, 0.25) is 0 Å². The number of aromatic nitrogens is 3. The number of nitrogens with two attached hydrogens (primary N) is 1. The second kappa shape index (κ2) is 9.50. The van der Waals surface area contributed by atoms with Crippen molar-refractivity contribution in [2.45, 2.75) is 25.9 Å². The molecule has 38 heavy (non-hydrogen) atoms. The lowest BCUT2D eigenvalue weighted by Crippen LogP contribution is -2.29. The summed E-state index contributed by atoms with van der Waals surface area (Å²) in [5, 5.41) is 0. The van der Waals surface area contributed by atoms with Gasteiger partial charge in [-0.3, -0.25) is 19.7 Å². The Morgan fingerprint density at radius 1 is 1.08 bits per heavy atom. The van der Waals surface area contributed by atoms with E-state index in [1.165, 1.54) is 19.4 Å². The molecule has 2 N–H and O–H groups in total. The number of amides is 1. The summed E-state index contributed by atoms with van der Waals surface area (Å²) < 4.78 is 20.4. The number of nitrogens with zero attached hydrogens (tertiary/aromatic N) is 5. The molecule has 0 unspecified atom stereocenters. The second-order valence-electron chi connectivity index (χ2n) is 9.62. The third-order valence-electron chi connectivity index (χ3n) is 7.16. The molecule has 1 saturated heterocycles. The second-order valence-corrected chi connectivity index (χ2v) is 9.62. The Hall–Kier alpha value is -4.37. The number of hydrogen-bond donors (Lipinski definition) is 1. The quantitative estimate of drug-likeness (QED) is 0.426. The van der Waals surface area contributed by atoms with Crippen molar-refractivity contribution in [1.29, 1.82) is 0 Å². The molecule has 1 fully saturated rings. The summed E-state index contributed by atoms with van der Waals surface area (Å²) in [6.07, 6.45) is 4.23. The van der Waals surface area contributed by atoms with Crippen molar-refractivity contribution >= 4 is 17.5 Å². The van der Waals surface area contributed by atoms with Crippen LogP contribution in [0.15, 0.2) is 60.9 Å². The molecule has 9 heteroatoms. The van der Waals surface area contributed by atoms with Gasteiger partial charge in [0.25, 0.3) is 5.91 Å². The zero-order valence-corrected chi connectivity index (χ0v) is 21.2. The molecule has 2 aliphatic rings. The Balaban J connectivity index is 1.42. The highest BCUT2D eigenvalue weighted by Crippen LogP contribution is 2.40. The van der Waals surface area contributed by atoms with Crippen molar-refractivity contribution in [2.24, 2.45) is 5.73 Å². The van der Waals surface area contributed by atoms with Gasteiger partial charge in [-0.25, -0.2) is 9.37 Å². The molecule has 6 rings (SSSR count). The lowest BCUT2D eigenvalue weighted by Gasteiger charge is -2.24. The summed E-state index contributed by atoms with van der Waals surface area (Å²) in [6, 6.07) is 14.2. The number of rotatable bonds is 5. The fraction of sp³-hybridized carbons (Fsp3) is 0.241. The summed E-state index contributed by atoms with van der Waals surface area (Å²) in [5.74, 6) is 0.966. The maximum absolute atomic E-state index is 14.9. The first kappa shape index (κ1) is 24.0. The maximum Gasteiger partial charge on any atom is 0.260 e. The van der Waals surface area contributed by atoms with E-state index in [1.807, 2.05) is 37.4 Å². The fourth-order valence-corrected chi connectivity index (χ4v) is 5.19.